The van der Waals surface area contributed by atoms with Crippen molar-refractivity contribution in [1.82, 2.24) is 0 Å². The fraction of sp³-hybridized carbons (Fsp3) is 0.778. The highest BCUT2D eigenvalue weighted by Gasteiger charge is 2.12. The van der Waals surface area contributed by atoms with Crippen molar-refractivity contribution in [3.05, 3.63) is 0 Å². The Morgan fingerprint density at radius 1 is 1.33 bits per heavy atom. The van der Waals surface area contributed by atoms with Crippen molar-refractivity contribution < 1.29 is 14.7 Å². The highest BCUT2D eigenvalue weighted by atomic mass is 16.3. The number of aldehydes is 2. The molecule has 0 atom stereocenters. The molecule has 0 radical (unpaired) electrons. The third kappa shape index (κ3) is 12.0. The zero-order valence-electron chi connectivity index (χ0n) is 8.20. The van der Waals surface area contributed by atoms with E-state index in [1.807, 2.05) is 13.8 Å². The van der Waals surface area contributed by atoms with Crippen molar-refractivity contribution in [1.29, 1.82) is 0 Å². The summed E-state index contributed by atoms with van der Waals surface area (Å²) in [5.41, 5.74) is -0.542. The molecule has 0 aromatic rings. The van der Waals surface area contributed by atoms with Gasteiger partial charge in [-0.05, 0) is 0 Å². The van der Waals surface area contributed by atoms with E-state index in [-0.39, 0.29) is 12.5 Å². The molecule has 72 valence electrons. The molecule has 0 aromatic heterocycles. The number of rotatable bonds is 3. The van der Waals surface area contributed by atoms with E-state index >= 15 is 0 Å². The van der Waals surface area contributed by atoms with Crippen molar-refractivity contribution in [3.8, 4) is 0 Å². The van der Waals surface area contributed by atoms with Crippen LogP contribution in [0.15, 0.2) is 0 Å². The molecule has 0 amide bonds. The van der Waals surface area contributed by atoms with Crippen LogP contribution in [0.5, 0.6) is 0 Å². The monoisotopic (exact) mass is 174 g/mol. The molecule has 0 aliphatic carbocycles. The number of aliphatic hydroxyl groups excluding tert-OH is 1. The highest BCUT2D eigenvalue weighted by molar-refractivity contribution is 5.57. The number of hydrogen-bond acceptors (Lipinski definition) is 3. The van der Waals surface area contributed by atoms with Crippen LogP contribution < -0.4 is 0 Å². The molecule has 0 spiro atoms. The van der Waals surface area contributed by atoms with Crippen molar-refractivity contribution >= 4 is 12.6 Å². The van der Waals surface area contributed by atoms with Crippen molar-refractivity contribution in [3.63, 3.8) is 0 Å². The zero-order chi connectivity index (χ0) is 10.2. The van der Waals surface area contributed by atoms with Crippen LogP contribution in [-0.2, 0) is 9.59 Å². The SMILES string of the molecule is CC(C)(C=O)CO.CC(C)C=O. The summed E-state index contributed by atoms with van der Waals surface area (Å²) in [6.45, 7) is 7.00. The summed E-state index contributed by atoms with van der Waals surface area (Å²) in [6.07, 6.45) is 1.66. The molecule has 0 aliphatic rings. The first-order valence-corrected chi connectivity index (χ1v) is 3.92. The third-order valence-corrected chi connectivity index (χ3v) is 0.999. The molecule has 0 fully saturated rings. The van der Waals surface area contributed by atoms with E-state index in [1.165, 1.54) is 0 Å². The van der Waals surface area contributed by atoms with E-state index in [9.17, 15) is 9.59 Å². The zero-order valence-corrected chi connectivity index (χ0v) is 8.20. The smallest absolute Gasteiger partial charge is 0.127 e. The summed E-state index contributed by atoms with van der Waals surface area (Å²) in [6, 6.07) is 0. The van der Waals surface area contributed by atoms with Crippen LogP contribution in [0.1, 0.15) is 27.7 Å². The summed E-state index contributed by atoms with van der Waals surface area (Å²) >= 11 is 0. The van der Waals surface area contributed by atoms with Gasteiger partial charge in [0.25, 0.3) is 0 Å². The van der Waals surface area contributed by atoms with Crippen LogP contribution in [0.4, 0.5) is 0 Å². The van der Waals surface area contributed by atoms with E-state index in [1.54, 1.807) is 13.8 Å². The predicted octanol–water partition coefficient (Wildman–Crippen LogP) is 1.05. The summed E-state index contributed by atoms with van der Waals surface area (Å²) in [7, 11) is 0. The minimum absolute atomic E-state index is 0.0729. The minimum atomic E-state index is -0.542. The van der Waals surface area contributed by atoms with Crippen LogP contribution >= 0.6 is 0 Å². The molecule has 0 bridgehead atoms. The van der Waals surface area contributed by atoms with Crippen molar-refractivity contribution in [2.45, 2.75) is 27.7 Å². The maximum Gasteiger partial charge on any atom is 0.127 e. The molecule has 0 heterocycles. The van der Waals surface area contributed by atoms with Crippen LogP contribution in [0.2, 0.25) is 0 Å². The number of aliphatic hydroxyl groups is 1. The first kappa shape index (κ1) is 13.9. The quantitative estimate of drug-likeness (QED) is 0.650. The molecular formula is C9H18O3. The largest absolute Gasteiger partial charge is 0.395 e. The standard InChI is InChI=1S/C5H10O2.C4H8O/c1-5(2,3-6)4-7;1-4(2)3-5/h3,7H,4H2,1-2H3;3-4H,1-2H3. The van der Waals surface area contributed by atoms with Gasteiger partial charge in [-0.1, -0.05) is 27.7 Å². The average Bonchev–Trinajstić information content (AvgIpc) is 2.05. The van der Waals surface area contributed by atoms with Gasteiger partial charge < -0.3 is 14.7 Å². The van der Waals surface area contributed by atoms with Crippen molar-refractivity contribution in [2.75, 3.05) is 6.61 Å². The molecule has 1 N–H and O–H groups in total. The molecule has 0 saturated carbocycles. The van der Waals surface area contributed by atoms with Gasteiger partial charge in [-0.3, -0.25) is 0 Å². The molecule has 3 heteroatoms. The van der Waals surface area contributed by atoms with Crippen LogP contribution in [0.25, 0.3) is 0 Å². The first-order valence-electron chi connectivity index (χ1n) is 3.92. The van der Waals surface area contributed by atoms with Crippen LogP contribution in [0.3, 0.4) is 0 Å². The Labute approximate surface area is 73.8 Å². The van der Waals surface area contributed by atoms with Gasteiger partial charge in [0.15, 0.2) is 0 Å². The lowest BCUT2D eigenvalue weighted by molar-refractivity contribution is -0.116. The molecule has 0 rings (SSSR count). The second kappa shape index (κ2) is 6.98. The number of hydrogen-bond donors (Lipinski definition) is 1. The fourth-order valence-electron chi connectivity index (χ4n) is 0.0373. The van der Waals surface area contributed by atoms with Gasteiger partial charge in [0.1, 0.15) is 12.6 Å². The Bertz CT molecular complexity index is 128. The second-order valence-electron chi connectivity index (χ2n) is 3.64. The Balaban J connectivity index is 0. The van der Waals surface area contributed by atoms with Crippen LogP contribution in [0, 0.1) is 11.3 Å². The first-order chi connectivity index (χ1) is 5.39. The molecule has 0 saturated heterocycles. The fourth-order valence-corrected chi connectivity index (χ4v) is 0.0373. The van der Waals surface area contributed by atoms with Gasteiger partial charge in [0, 0.05) is 11.3 Å². The van der Waals surface area contributed by atoms with Gasteiger partial charge in [0.05, 0.1) is 6.61 Å². The number of carbonyl (C=O) groups is 2. The van der Waals surface area contributed by atoms with Crippen molar-refractivity contribution in [2.24, 2.45) is 11.3 Å². The normalized spacial score (nSPS) is 10.2. The third-order valence-electron chi connectivity index (χ3n) is 0.999. The molecule has 12 heavy (non-hydrogen) atoms. The van der Waals surface area contributed by atoms with E-state index in [0.29, 0.717) is 0 Å². The predicted molar refractivity (Wildman–Crippen MR) is 47.8 cm³/mol. The molecule has 3 nitrogen and oxygen atoms in total. The molecule has 0 unspecified atom stereocenters. The lowest BCUT2D eigenvalue weighted by Gasteiger charge is -2.09. The minimum Gasteiger partial charge on any atom is -0.395 e. The van der Waals surface area contributed by atoms with Gasteiger partial charge in [-0.2, -0.15) is 0 Å². The topological polar surface area (TPSA) is 54.4 Å². The van der Waals surface area contributed by atoms with E-state index < -0.39 is 5.41 Å². The number of carbonyl (C=O) groups excluding carboxylic acids is 2. The average molecular weight is 174 g/mol. The van der Waals surface area contributed by atoms with E-state index in [2.05, 4.69) is 0 Å². The second-order valence-corrected chi connectivity index (χ2v) is 3.64. The Morgan fingerprint density at radius 2 is 1.67 bits per heavy atom. The summed E-state index contributed by atoms with van der Waals surface area (Å²) in [4.78, 5) is 19.4. The van der Waals surface area contributed by atoms with E-state index in [0.717, 1.165) is 12.6 Å². The Hall–Kier alpha value is -0.700. The molecule has 0 aromatic carbocycles. The van der Waals surface area contributed by atoms with Crippen LogP contribution in [-0.4, -0.2) is 24.3 Å². The molecule has 0 aliphatic heterocycles. The van der Waals surface area contributed by atoms with Gasteiger partial charge in [0.2, 0.25) is 0 Å². The Kier molecular flexibility index (Phi) is 8.06. The Morgan fingerprint density at radius 3 is 1.67 bits per heavy atom. The van der Waals surface area contributed by atoms with Gasteiger partial charge in [-0.15, -0.1) is 0 Å². The molecular weight excluding hydrogens is 156 g/mol. The lowest BCUT2D eigenvalue weighted by Crippen LogP contribution is -2.17. The summed E-state index contributed by atoms with van der Waals surface area (Å²) in [5, 5.41) is 8.36. The lowest BCUT2D eigenvalue weighted by atomic mass is 9.98. The maximum atomic E-state index is 9.90. The van der Waals surface area contributed by atoms with E-state index in [4.69, 9.17) is 5.11 Å². The highest BCUT2D eigenvalue weighted by Crippen LogP contribution is 2.06. The summed E-state index contributed by atoms with van der Waals surface area (Å²) < 4.78 is 0. The maximum absolute atomic E-state index is 9.90. The van der Waals surface area contributed by atoms with Gasteiger partial charge in [-0.25, -0.2) is 0 Å². The van der Waals surface area contributed by atoms with Gasteiger partial charge >= 0.3 is 0 Å². The summed E-state index contributed by atoms with van der Waals surface area (Å²) in [5.74, 6) is 0.204.